The summed E-state index contributed by atoms with van der Waals surface area (Å²) >= 11 is 0. The SMILES string of the molecule is C[C@H](N)C(=O)N[C@@H](CNC(=O)[C@@H]1O[C@H]1C(N)=O)C(=O)O. The monoisotopic (exact) mass is 288 g/mol. The average Bonchev–Trinajstić information content (AvgIpc) is 3.13. The first-order valence-corrected chi connectivity index (χ1v) is 5.75. The highest BCUT2D eigenvalue weighted by atomic mass is 16.6. The molecule has 0 aromatic carbocycles. The Morgan fingerprint density at radius 1 is 1.30 bits per heavy atom. The fourth-order valence-electron chi connectivity index (χ4n) is 1.33. The number of carboxylic acids is 1. The van der Waals surface area contributed by atoms with Gasteiger partial charge in [0.1, 0.15) is 6.04 Å². The van der Waals surface area contributed by atoms with Crippen LogP contribution in [0.4, 0.5) is 0 Å². The quantitative estimate of drug-likeness (QED) is 0.299. The second-order valence-corrected chi connectivity index (χ2v) is 4.31. The van der Waals surface area contributed by atoms with Gasteiger partial charge in [0.15, 0.2) is 12.2 Å². The topological polar surface area (TPSA) is 177 Å². The summed E-state index contributed by atoms with van der Waals surface area (Å²) in [5.41, 5.74) is 10.2. The maximum absolute atomic E-state index is 11.5. The number of amides is 3. The smallest absolute Gasteiger partial charge is 0.328 e. The lowest BCUT2D eigenvalue weighted by atomic mass is 10.2. The van der Waals surface area contributed by atoms with Gasteiger partial charge in [0, 0.05) is 6.54 Å². The van der Waals surface area contributed by atoms with Gasteiger partial charge in [0.05, 0.1) is 6.04 Å². The van der Waals surface area contributed by atoms with Crippen LogP contribution in [-0.2, 0) is 23.9 Å². The van der Waals surface area contributed by atoms with Crippen LogP contribution >= 0.6 is 0 Å². The zero-order chi connectivity index (χ0) is 15.4. The highest BCUT2D eigenvalue weighted by Crippen LogP contribution is 2.21. The number of carboxylic acid groups (broad SMARTS) is 1. The molecule has 0 aromatic rings. The van der Waals surface area contributed by atoms with Crippen molar-refractivity contribution in [2.45, 2.75) is 31.2 Å². The molecule has 1 heterocycles. The lowest BCUT2D eigenvalue weighted by Crippen LogP contribution is -2.52. The number of carbonyl (C=O) groups is 4. The van der Waals surface area contributed by atoms with Crippen molar-refractivity contribution in [1.82, 2.24) is 10.6 Å². The summed E-state index contributed by atoms with van der Waals surface area (Å²) in [6.07, 6.45) is -2.00. The summed E-state index contributed by atoms with van der Waals surface area (Å²) in [4.78, 5) is 44.4. The molecule has 20 heavy (non-hydrogen) atoms. The zero-order valence-electron chi connectivity index (χ0n) is 10.7. The molecule has 0 radical (unpaired) electrons. The number of aliphatic carboxylic acids is 1. The lowest BCUT2D eigenvalue weighted by molar-refractivity contribution is -0.142. The summed E-state index contributed by atoms with van der Waals surface area (Å²) in [5, 5.41) is 13.3. The number of ether oxygens (including phenoxy) is 1. The molecule has 10 nitrogen and oxygen atoms in total. The van der Waals surface area contributed by atoms with Crippen molar-refractivity contribution in [3.8, 4) is 0 Å². The average molecular weight is 288 g/mol. The van der Waals surface area contributed by atoms with Gasteiger partial charge in [-0.15, -0.1) is 0 Å². The molecule has 1 rings (SSSR count). The van der Waals surface area contributed by atoms with Gasteiger partial charge in [0.25, 0.3) is 5.91 Å². The van der Waals surface area contributed by atoms with Crippen LogP contribution in [0.15, 0.2) is 0 Å². The minimum Gasteiger partial charge on any atom is -0.480 e. The van der Waals surface area contributed by atoms with Crippen LogP contribution in [0.25, 0.3) is 0 Å². The van der Waals surface area contributed by atoms with Crippen molar-refractivity contribution < 1.29 is 29.0 Å². The Labute approximate surface area is 113 Å². The molecule has 1 fully saturated rings. The maximum atomic E-state index is 11.5. The van der Waals surface area contributed by atoms with Gasteiger partial charge < -0.3 is 31.9 Å². The molecule has 112 valence electrons. The van der Waals surface area contributed by atoms with Gasteiger partial charge in [-0.25, -0.2) is 4.79 Å². The predicted molar refractivity (Wildman–Crippen MR) is 64.1 cm³/mol. The third kappa shape index (κ3) is 4.17. The third-order valence-corrected chi connectivity index (χ3v) is 2.54. The Morgan fingerprint density at radius 3 is 2.30 bits per heavy atom. The van der Waals surface area contributed by atoms with Crippen LogP contribution in [-0.4, -0.2) is 59.6 Å². The minimum atomic E-state index is -1.33. The Kier molecular flexibility index (Phi) is 5.00. The molecule has 0 aromatic heterocycles. The number of primary amides is 1. The Balaban J connectivity index is 2.44. The van der Waals surface area contributed by atoms with Gasteiger partial charge in [-0.2, -0.15) is 0 Å². The maximum Gasteiger partial charge on any atom is 0.328 e. The van der Waals surface area contributed by atoms with E-state index in [-0.39, 0.29) is 6.54 Å². The van der Waals surface area contributed by atoms with E-state index in [2.05, 4.69) is 10.6 Å². The van der Waals surface area contributed by atoms with Crippen LogP contribution in [0.1, 0.15) is 6.92 Å². The molecule has 0 spiro atoms. The number of rotatable bonds is 7. The van der Waals surface area contributed by atoms with E-state index in [9.17, 15) is 19.2 Å². The standard InChI is InChI=1S/C10H16N4O6/c1-3(11)8(16)14-4(10(18)19)2-13-9(17)6-5(20-6)7(12)15/h3-6H,2,11H2,1H3,(H2,12,15)(H,13,17)(H,14,16)(H,18,19)/t3-,4-,5+,6+/m0/s1. The van der Waals surface area contributed by atoms with Gasteiger partial charge >= 0.3 is 5.97 Å². The highest BCUT2D eigenvalue weighted by Gasteiger charge is 2.49. The summed E-state index contributed by atoms with van der Waals surface area (Å²) in [6.45, 7) is 1.03. The number of nitrogens with one attached hydrogen (secondary N) is 2. The molecule has 3 amide bonds. The molecule has 4 atom stereocenters. The molecule has 0 bridgehead atoms. The second-order valence-electron chi connectivity index (χ2n) is 4.31. The molecular formula is C10H16N4O6. The van der Waals surface area contributed by atoms with Crippen LogP contribution < -0.4 is 22.1 Å². The largest absolute Gasteiger partial charge is 0.480 e. The number of hydrogen-bond acceptors (Lipinski definition) is 6. The number of nitrogens with two attached hydrogens (primary N) is 2. The van der Waals surface area contributed by atoms with E-state index in [0.29, 0.717) is 0 Å². The number of carbonyl (C=O) groups excluding carboxylic acids is 3. The Bertz CT molecular complexity index is 437. The van der Waals surface area contributed by atoms with E-state index in [1.807, 2.05) is 0 Å². The summed E-state index contributed by atoms with van der Waals surface area (Å²) < 4.78 is 4.71. The molecule has 1 aliphatic rings. The fraction of sp³-hybridized carbons (Fsp3) is 0.600. The summed E-state index contributed by atoms with van der Waals surface area (Å²) in [6, 6.07) is -2.21. The third-order valence-electron chi connectivity index (χ3n) is 2.54. The van der Waals surface area contributed by atoms with Crippen LogP contribution in [0.5, 0.6) is 0 Å². The fourth-order valence-corrected chi connectivity index (χ4v) is 1.33. The van der Waals surface area contributed by atoms with Crippen molar-refractivity contribution >= 4 is 23.7 Å². The number of hydrogen-bond donors (Lipinski definition) is 5. The van der Waals surface area contributed by atoms with E-state index in [1.165, 1.54) is 6.92 Å². The Morgan fingerprint density at radius 2 is 1.90 bits per heavy atom. The van der Waals surface area contributed by atoms with E-state index in [1.54, 1.807) is 0 Å². The molecule has 1 saturated heterocycles. The molecule has 7 N–H and O–H groups in total. The van der Waals surface area contributed by atoms with E-state index in [4.69, 9.17) is 21.3 Å². The van der Waals surface area contributed by atoms with Crippen LogP contribution in [0.3, 0.4) is 0 Å². The highest BCUT2D eigenvalue weighted by molar-refractivity contribution is 5.94. The molecular weight excluding hydrogens is 272 g/mol. The lowest BCUT2D eigenvalue weighted by Gasteiger charge is -2.16. The Hall–Kier alpha value is -2.20. The van der Waals surface area contributed by atoms with E-state index >= 15 is 0 Å². The molecule has 0 saturated carbocycles. The summed E-state index contributed by atoms with van der Waals surface area (Å²) in [7, 11) is 0. The van der Waals surface area contributed by atoms with Crippen LogP contribution in [0, 0.1) is 0 Å². The summed E-state index contributed by atoms with van der Waals surface area (Å²) in [5.74, 6) is -3.44. The number of epoxide rings is 1. The first-order chi connectivity index (χ1) is 9.23. The van der Waals surface area contributed by atoms with Crippen molar-refractivity contribution in [3.63, 3.8) is 0 Å². The van der Waals surface area contributed by atoms with Crippen molar-refractivity contribution in [2.75, 3.05) is 6.54 Å². The molecule has 10 heteroatoms. The van der Waals surface area contributed by atoms with Crippen molar-refractivity contribution in [3.05, 3.63) is 0 Å². The van der Waals surface area contributed by atoms with Gasteiger partial charge in [-0.3, -0.25) is 14.4 Å². The van der Waals surface area contributed by atoms with E-state index in [0.717, 1.165) is 0 Å². The van der Waals surface area contributed by atoms with E-state index < -0.39 is 48.0 Å². The predicted octanol–water partition coefficient (Wildman–Crippen LogP) is -3.73. The molecule has 0 unspecified atom stereocenters. The van der Waals surface area contributed by atoms with Gasteiger partial charge in [-0.05, 0) is 6.92 Å². The van der Waals surface area contributed by atoms with Crippen molar-refractivity contribution in [1.29, 1.82) is 0 Å². The minimum absolute atomic E-state index is 0.363. The molecule has 0 aliphatic carbocycles. The first kappa shape index (κ1) is 15.9. The van der Waals surface area contributed by atoms with Gasteiger partial charge in [0.2, 0.25) is 11.8 Å². The normalized spacial score (nSPS) is 23.3. The van der Waals surface area contributed by atoms with Gasteiger partial charge in [-0.1, -0.05) is 0 Å². The van der Waals surface area contributed by atoms with Crippen molar-refractivity contribution in [2.24, 2.45) is 11.5 Å². The zero-order valence-corrected chi connectivity index (χ0v) is 10.7. The van der Waals surface area contributed by atoms with Crippen LogP contribution in [0.2, 0.25) is 0 Å². The second kappa shape index (κ2) is 6.30. The molecule has 1 aliphatic heterocycles. The first-order valence-electron chi connectivity index (χ1n) is 5.75.